The van der Waals surface area contributed by atoms with E-state index in [4.69, 9.17) is 9.84 Å². The summed E-state index contributed by atoms with van der Waals surface area (Å²) in [5.41, 5.74) is 2.23. The minimum Gasteiger partial charge on any atom is -0.410 e. The first-order chi connectivity index (χ1) is 15.7. The van der Waals surface area contributed by atoms with Crippen molar-refractivity contribution < 1.29 is 14.3 Å². The van der Waals surface area contributed by atoms with Gasteiger partial charge in [-0.2, -0.15) is 9.78 Å². The van der Waals surface area contributed by atoms with Gasteiger partial charge in [0, 0.05) is 42.4 Å². The van der Waals surface area contributed by atoms with E-state index in [1.165, 1.54) is 4.68 Å². The van der Waals surface area contributed by atoms with E-state index < -0.39 is 0 Å². The van der Waals surface area contributed by atoms with Gasteiger partial charge in [0.1, 0.15) is 5.75 Å². The Balaban J connectivity index is 1.35. The molecule has 3 heterocycles. The Morgan fingerprint density at radius 1 is 0.875 bits per heavy atom. The minimum absolute atomic E-state index is 0.159. The van der Waals surface area contributed by atoms with Crippen LogP contribution in [0.4, 0.5) is 4.79 Å². The molecule has 1 aliphatic heterocycles. The quantitative estimate of drug-likeness (QED) is 0.482. The summed E-state index contributed by atoms with van der Waals surface area (Å²) >= 11 is 0. The van der Waals surface area contributed by atoms with Gasteiger partial charge in [0.15, 0.2) is 0 Å². The summed E-state index contributed by atoms with van der Waals surface area (Å²) in [6.07, 6.45) is 4.38. The van der Waals surface area contributed by atoms with Crippen molar-refractivity contribution in [2.24, 2.45) is 0 Å². The minimum atomic E-state index is -0.335. The number of para-hydroxylation sites is 2. The van der Waals surface area contributed by atoms with E-state index in [1.54, 1.807) is 41.6 Å². The molecule has 1 saturated heterocycles. The molecule has 1 aliphatic rings. The van der Waals surface area contributed by atoms with Crippen LogP contribution in [0.3, 0.4) is 0 Å². The van der Waals surface area contributed by atoms with Gasteiger partial charge in [0.2, 0.25) is 0 Å². The Hall–Kier alpha value is -4.00. The fraction of sp³-hybridized carbons (Fsp3) is 0.200. The van der Waals surface area contributed by atoms with Crippen LogP contribution in [-0.2, 0) is 0 Å². The Morgan fingerprint density at radius 2 is 1.56 bits per heavy atom. The number of likely N-dealkylation sites (tertiary alicyclic amines) is 1. The summed E-state index contributed by atoms with van der Waals surface area (Å²) in [5.74, 6) is 0.518. The van der Waals surface area contributed by atoms with Crippen LogP contribution in [0.25, 0.3) is 10.9 Å². The molecule has 0 bridgehead atoms. The van der Waals surface area contributed by atoms with Crippen LogP contribution in [0.15, 0.2) is 79.1 Å². The van der Waals surface area contributed by atoms with Crippen molar-refractivity contribution in [1.29, 1.82) is 0 Å². The van der Waals surface area contributed by atoms with Gasteiger partial charge in [0.25, 0.3) is 5.91 Å². The first kappa shape index (κ1) is 19.9. The molecule has 0 saturated carbocycles. The van der Waals surface area contributed by atoms with Crippen LogP contribution < -0.4 is 4.74 Å². The monoisotopic (exact) mass is 426 g/mol. The molecule has 1 fully saturated rings. The van der Waals surface area contributed by atoms with E-state index in [0.717, 1.165) is 29.4 Å². The maximum Gasteiger partial charge on any atom is 0.415 e. The van der Waals surface area contributed by atoms with Crippen molar-refractivity contribution in [3.63, 3.8) is 0 Å². The van der Waals surface area contributed by atoms with Gasteiger partial charge in [-0.25, -0.2) is 4.79 Å². The fourth-order valence-corrected chi connectivity index (χ4v) is 4.15. The van der Waals surface area contributed by atoms with Gasteiger partial charge in [-0.3, -0.25) is 9.78 Å². The van der Waals surface area contributed by atoms with E-state index in [1.807, 2.05) is 42.5 Å². The van der Waals surface area contributed by atoms with E-state index in [9.17, 15) is 9.59 Å². The lowest BCUT2D eigenvalue weighted by atomic mass is 9.92. The summed E-state index contributed by atoms with van der Waals surface area (Å²) in [6.45, 7) is 1.16. The second-order valence-corrected chi connectivity index (χ2v) is 7.80. The largest absolute Gasteiger partial charge is 0.415 e. The highest BCUT2D eigenvalue weighted by molar-refractivity contribution is 6.01. The molecule has 2 aromatic heterocycles. The molecule has 32 heavy (non-hydrogen) atoms. The third-order valence-electron chi connectivity index (χ3n) is 5.82. The lowest BCUT2D eigenvalue weighted by molar-refractivity contribution is 0.0949. The predicted molar refractivity (Wildman–Crippen MR) is 120 cm³/mol. The first-order valence-electron chi connectivity index (χ1n) is 10.6. The number of piperidine rings is 1. The van der Waals surface area contributed by atoms with Crippen LogP contribution in [0.5, 0.6) is 5.75 Å². The normalized spacial score (nSPS) is 14.4. The number of hydrogen-bond acceptors (Lipinski definition) is 5. The van der Waals surface area contributed by atoms with Gasteiger partial charge < -0.3 is 9.64 Å². The third-order valence-corrected chi connectivity index (χ3v) is 5.82. The van der Waals surface area contributed by atoms with Crippen molar-refractivity contribution in [1.82, 2.24) is 19.7 Å². The van der Waals surface area contributed by atoms with Crippen LogP contribution in [-0.4, -0.2) is 44.8 Å². The summed E-state index contributed by atoms with van der Waals surface area (Å²) in [5, 5.41) is 5.71. The maximum atomic E-state index is 13.1. The summed E-state index contributed by atoms with van der Waals surface area (Å²) < 4.78 is 6.95. The van der Waals surface area contributed by atoms with Crippen LogP contribution in [0.2, 0.25) is 0 Å². The molecule has 1 amide bonds. The zero-order valence-electron chi connectivity index (χ0n) is 17.4. The van der Waals surface area contributed by atoms with Crippen molar-refractivity contribution in [2.75, 3.05) is 13.1 Å². The average Bonchev–Trinajstić information content (AvgIpc) is 3.24. The van der Waals surface area contributed by atoms with Gasteiger partial charge >= 0.3 is 6.09 Å². The molecular formula is C25H22N4O3. The number of fused-ring (bicyclic) bond motifs is 1. The SMILES string of the molecule is O=C(Oc1ccccc1)N1CCC(c2nn(C(=O)c3ccncc3)c3ccccc23)CC1. The van der Waals surface area contributed by atoms with Crippen LogP contribution in [0, 0.1) is 0 Å². The molecule has 160 valence electrons. The molecule has 0 aliphatic carbocycles. The topological polar surface area (TPSA) is 77.3 Å². The zero-order chi connectivity index (χ0) is 21.9. The zero-order valence-corrected chi connectivity index (χ0v) is 17.4. The fourth-order valence-electron chi connectivity index (χ4n) is 4.15. The Labute approximate surface area is 185 Å². The summed E-state index contributed by atoms with van der Waals surface area (Å²) in [6, 6.07) is 20.3. The molecule has 0 atom stereocenters. The van der Waals surface area contributed by atoms with Crippen molar-refractivity contribution in [2.45, 2.75) is 18.8 Å². The Bertz CT molecular complexity index is 1250. The van der Waals surface area contributed by atoms with E-state index >= 15 is 0 Å². The predicted octanol–water partition coefficient (Wildman–Crippen LogP) is 4.50. The molecule has 0 radical (unpaired) electrons. The number of nitrogens with zero attached hydrogens (tertiary/aromatic N) is 4. The van der Waals surface area contributed by atoms with E-state index in [0.29, 0.717) is 24.4 Å². The molecule has 7 heteroatoms. The molecule has 7 nitrogen and oxygen atoms in total. The number of hydrogen-bond donors (Lipinski definition) is 0. The van der Waals surface area contributed by atoms with Crippen LogP contribution in [0.1, 0.15) is 34.8 Å². The molecule has 0 spiro atoms. The number of aromatic nitrogens is 3. The standard InChI is InChI=1S/C25H22N4O3/c30-24(19-10-14-26-15-11-19)29-22-9-5-4-8-21(22)23(27-29)18-12-16-28(17-13-18)25(31)32-20-6-2-1-3-7-20/h1-11,14-15,18H,12-13,16-17H2. The number of benzene rings is 2. The molecule has 5 rings (SSSR count). The lowest BCUT2D eigenvalue weighted by Gasteiger charge is -2.30. The molecule has 0 N–H and O–H groups in total. The van der Waals surface area contributed by atoms with Gasteiger partial charge in [-0.05, 0) is 43.2 Å². The van der Waals surface area contributed by atoms with Crippen molar-refractivity contribution in [3.05, 3.63) is 90.4 Å². The van der Waals surface area contributed by atoms with Gasteiger partial charge in [0.05, 0.1) is 11.2 Å². The molecule has 4 aromatic rings. The smallest absolute Gasteiger partial charge is 0.410 e. The average molecular weight is 426 g/mol. The number of carbonyl (C=O) groups is 2. The third kappa shape index (κ3) is 3.85. The van der Waals surface area contributed by atoms with Crippen LogP contribution >= 0.6 is 0 Å². The number of pyridine rings is 1. The number of ether oxygens (including phenoxy) is 1. The highest BCUT2D eigenvalue weighted by Crippen LogP contribution is 2.33. The van der Waals surface area contributed by atoms with E-state index in [-0.39, 0.29) is 17.9 Å². The number of carbonyl (C=O) groups excluding carboxylic acids is 2. The molecule has 0 unspecified atom stereocenters. The molecule has 2 aromatic carbocycles. The van der Waals surface area contributed by atoms with Crippen molar-refractivity contribution in [3.8, 4) is 5.75 Å². The Morgan fingerprint density at radius 3 is 2.31 bits per heavy atom. The molecular weight excluding hydrogens is 404 g/mol. The first-order valence-corrected chi connectivity index (χ1v) is 10.6. The lowest BCUT2D eigenvalue weighted by Crippen LogP contribution is -2.39. The van der Waals surface area contributed by atoms with E-state index in [2.05, 4.69) is 4.98 Å². The highest BCUT2D eigenvalue weighted by atomic mass is 16.6. The second kappa shape index (κ2) is 8.63. The Kier molecular flexibility index (Phi) is 5.37. The maximum absolute atomic E-state index is 13.1. The van der Waals surface area contributed by atoms with Crippen molar-refractivity contribution >= 4 is 22.9 Å². The summed E-state index contributed by atoms with van der Waals surface area (Å²) in [7, 11) is 0. The highest BCUT2D eigenvalue weighted by Gasteiger charge is 2.29. The number of amides is 1. The van der Waals surface area contributed by atoms with Gasteiger partial charge in [-0.15, -0.1) is 0 Å². The van der Waals surface area contributed by atoms with Gasteiger partial charge in [-0.1, -0.05) is 36.4 Å². The number of rotatable bonds is 3. The summed E-state index contributed by atoms with van der Waals surface area (Å²) in [4.78, 5) is 31.3. The second-order valence-electron chi connectivity index (χ2n) is 7.80.